The van der Waals surface area contributed by atoms with Crippen LogP contribution in [0.2, 0.25) is 0 Å². The molecule has 1 saturated heterocycles. The highest BCUT2D eigenvalue weighted by atomic mass is 32.2. The van der Waals surface area contributed by atoms with E-state index < -0.39 is 11.7 Å². The Hall–Kier alpha value is -3.60. The van der Waals surface area contributed by atoms with E-state index in [1.54, 1.807) is 34.7 Å². The van der Waals surface area contributed by atoms with Crippen LogP contribution >= 0.6 is 11.8 Å². The predicted molar refractivity (Wildman–Crippen MR) is 127 cm³/mol. The molecular formula is C24H20F3N7S. The third-order valence-corrected chi connectivity index (χ3v) is 7.12. The summed E-state index contributed by atoms with van der Waals surface area (Å²) in [5.41, 5.74) is 3.02. The Morgan fingerprint density at radius 3 is 2.57 bits per heavy atom. The highest BCUT2D eigenvalue weighted by Gasteiger charge is 2.35. The Morgan fingerprint density at radius 2 is 1.80 bits per heavy atom. The maximum atomic E-state index is 14.9. The van der Waals surface area contributed by atoms with Crippen molar-refractivity contribution in [3.63, 3.8) is 0 Å². The maximum Gasteiger partial charge on any atom is 0.251 e. The Bertz CT molecular complexity index is 1550. The SMILES string of the molecule is Cn1cc(-c2cc(F)c3nnc(Sc4nc5ccccc5cc4N4CCC(F)(F)CC4)n3c2)cn1. The number of aryl methyl sites for hydroxylation is 1. The number of benzene rings is 1. The van der Waals surface area contributed by atoms with Gasteiger partial charge in [0, 0.05) is 61.9 Å². The first-order chi connectivity index (χ1) is 16.9. The first kappa shape index (κ1) is 21.9. The molecule has 11 heteroatoms. The molecule has 0 spiro atoms. The van der Waals surface area contributed by atoms with Crippen LogP contribution in [-0.2, 0) is 7.05 Å². The van der Waals surface area contributed by atoms with Gasteiger partial charge in [0.1, 0.15) is 5.03 Å². The van der Waals surface area contributed by atoms with Crippen LogP contribution in [0, 0.1) is 5.82 Å². The number of pyridine rings is 2. The van der Waals surface area contributed by atoms with Crippen LogP contribution < -0.4 is 4.90 Å². The lowest BCUT2D eigenvalue weighted by Crippen LogP contribution is -2.39. The van der Waals surface area contributed by atoms with Crippen molar-refractivity contribution in [2.75, 3.05) is 18.0 Å². The van der Waals surface area contributed by atoms with Gasteiger partial charge in [-0.25, -0.2) is 18.2 Å². The molecule has 5 aromatic rings. The van der Waals surface area contributed by atoms with Crippen molar-refractivity contribution in [1.29, 1.82) is 0 Å². The summed E-state index contributed by atoms with van der Waals surface area (Å²) in [7, 11) is 1.79. The lowest BCUT2D eigenvalue weighted by molar-refractivity contribution is -0.0221. The summed E-state index contributed by atoms with van der Waals surface area (Å²) < 4.78 is 45.8. The second kappa shape index (κ2) is 8.26. The van der Waals surface area contributed by atoms with Gasteiger partial charge >= 0.3 is 0 Å². The Balaban J connectivity index is 1.44. The third kappa shape index (κ3) is 4.09. The summed E-state index contributed by atoms with van der Waals surface area (Å²) in [4.78, 5) is 6.75. The first-order valence-corrected chi connectivity index (χ1v) is 11.9. The zero-order valence-electron chi connectivity index (χ0n) is 18.7. The van der Waals surface area contributed by atoms with Gasteiger partial charge in [0.05, 0.1) is 17.4 Å². The molecular weight excluding hydrogens is 475 g/mol. The molecule has 0 bridgehead atoms. The highest BCUT2D eigenvalue weighted by molar-refractivity contribution is 7.99. The van der Waals surface area contributed by atoms with E-state index in [1.807, 2.05) is 35.2 Å². The van der Waals surface area contributed by atoms with E-state index in [-0.39, 0.29) is 31.6 Å². The van der Waals surface area contributed by atoms with Crippen molar-refractivity contribution in [3.8, 4) is 11.1 Å². The second-order valence-corrected chi connectivity index (χ2v) is 9.56. The van der Waals surface area contributed by atoms with Crippen LogP contribution in [0.5, 0.6) is 0 Å². The highest BCUT2D eigenvalue weighted by Crippen LogP contribution is 2.39. The molecule has 0 aliphatic carbocycles. The van der Waals surface area contributed by atoms with Gasteiger partial charge in [0.15, 0.2) is 11.5 Å². The summed E-state index contributed by atoms with van der Waals surface area (Å²) in [6, 6.07) is 11.0. The van der Waals surface area contributed by atoms with Crippen molar-refractivity contribution in [2.45, 2.75) is 28.9 Å². The van der Waals surface area contributed by atoms with Crippen LogP contribution in [0.25, 0.3) is 27.7 Å². The number of hydrogen-bond donors (Lipinski definition) is 0. The molecule has 0 amide bonds. The first-order valence-electron chi connectivity index (χ1n) is 11.1. The van der Waals surface area contributed by atoms with Crippen LogP contribution in [-0.4, -0.2) is 48.4 Å². The molecule has 178 valence electrons. The number of para-hydroxylation sites is 1. The Morgan fingerprint density at radius 1 is 1.00 bits per heavy atom. The van der Waals surface area contributed by atoms with Gasteiger partial charge in [0.2, 0.25) is 5.16 Å². The number of fused-ring (bicyclic) bond motifs is 2. The van der Waals surface area contributed by atoms with E-state index in [9.17, 15) is 13.2 Å². The summed E-state index contributed by atoms with van der Waals surface area (Å²) >= 11 is 1.24. The van der Waals surface area contributed by atoms with Crippen molar-refractivity contribution >= 4 is 34.0 Å². The summed E-state index contributed by atoms with van der Waals surface area (Å²) in [5, 5.41) is 14.4. The lowest BCUT2D eigenvalue weighted by Gasteiger charge is -2.34. The van der Waals surface area contributed by atoms with E-state index in [1.165, 1.54) is 17.8 Å². The molecule has 0 unspecified atom stereocenters. The molecule has 1 aliphatic rings. The molecule has 1 aliphatic heterocycles. The van der Waals surface area contributed by atoms with E-state index in [4.69, 9.17) is 4.98 Å². The van der Waals surface area contributed by atoms with Crippen LogP contribution in [0.15, 0.2) is 65.2 Å². The third-order valence-electron chi connectivity index (χ3n) is 6.16. The van der Waals surface area contributed by atoms with E-state index >= 15 is 0 Å². The Labute approximate surface area is 202 Å². The normalized spacial score (nSPS) is 15.8. The van der Waals surface area contributed by atoms with Gasteiger partial charge in [0.25, 0.3) is 5.92 Å². The number of hydrogen-bond acceptors (Lipinski definition) is 6. The monoisotopic (exact) mass is 495 g/mol. The molecule has 4 aromatic heterocycles. The minimum Gasteiger partial charge on any atom is -0.369 e. The van der Waals surface area contributed by atoms with Crippen molar-refractivity contribution in [1.82, 2.24) is 29.4 Å². The minimum absolute atomic E-state index is 0.0973. The number of aromatic nitrogens is 6. The fraction of sp³-hybridized carbons (Fsp3) is 0.250. The van der Waals surface area contributed by atoms with Gasteiger partial charge in [-0.15, -0.1) is 10.2 Å². The largest absolute Gasteiger partial charge is 0.369 e. The molecule has 0 atom stereocenters. The molecule has 0 N–H and O–H groups in total. The van der Waals surface area contributed by atoms with Gasteiger partial charge in [-0.3, -0.25) is 9.08 Å². The predicted octanol–water partition coefficient (Wildman–Crippen LogP) is 5.20. The van der Waals surface area contributed by atoms with Crippen molar-refractivity contribution in [3.05, 3.63) is 60.8 Å². The molecule has 0 saturated carbocycles. The maximum absolute atomic E-state index is 14.9. The van der Waals surface area contributed by atoms with Gasteiger partial charge in [-0.2, -0.15) is 5.10 Å². The van der Waals surface area contributed by atoms with Crippen molar-refractivity contribution in [2.24, 2.45) is 7.05 Å². The Kier molecular flexibility index (Phi) is 5.17. The van der Waals surface area contributed by atoms with Gasteiger partial charge in [-0.05, 0) is 30.0 Å². The average molecular weight is 496 g/mol. The topological polar surface area (TPSA) is 64.1 Å². The fourth-order valence-electron chi connectivity index (χ4n) is 4.28. The lowest BCUT2D eigenvalue weighted by atomic mass is 10.1. The van der Waals surface area contributed by atoms with Gasteiger partial charge in [-0.1, -0.05) is 18.2 Å². The number of rotatable bonds is 4. The number of halogens is 3. The standard InChI is InChI=1S/C24H20F3N7S/c1-32-13-17(12-28-32)16-10-18(25)21-30-31-23(34(21)14-16)35-22-20(33-8-6-24(26,27)7-9-33)11-15-4-2-3-5-19(15)29-22/h2-5,10-14H,6-9H2,1H3. The summed E-state index contributed by atoms with van der Waals surface area (Å²) in [6.07, 6.45) is 4.80. The van der Waals surface area contributed by atoms with Crippen LogP contribution in [0.3, 0.4) is 0 Å². The summed E-state index contributed by atoms with van der Waals surface area (Å²) in [5.74, 6) is -3.16. The molecule has 7 nitrogen and oxygen atoms in total. The fourth-order valence-corrected chi connectivity index (χ4v) is 5.21. The number of piperidine rings is 1. The second-order valence-electron chi connectivity index (χ2n) is 8.61. The van der Waals surface area contributed by atoms with Crippen molar-refractivity contribution < 1.29 is 13.2 Å². The number of nitrogens with zero attached hydrogens (tertiary/aromatic N) is 7. The summed E-state index contributed by atoms with van der Waals surface area (Å²) in [6.45, 7) is 0.446. The van der Waals surface area contributed by atoms with E-state index in [0.717, 1.165) is 22.2 Å². The molecule has 1 aromatic carbocycles. The molecule has 0 radical (unpaired) electrons. The molecule has 35 heavy (non-hydrogen) atoms. The smallest absolute Gasteiger partial charge is 0.251 e. The molecule has 1 fully saturated rings. The number of anilines is 1. The van der Waals surface area contributed by atoms with E-state index in [2.05, 4.69) is 15.3 Å². The van der Waals surface area contributed by atoms with Gasteiger partial charge < -0.3 is 4.90 Å². The van der Waals surface area contributed by atoms with E-state index in [0.29, 0.717) is 15.7 Å². The zero-order valence-corrected chi connectivity index (χ0v) is 19.5. The average Bonchev–Trinajstić information content (AvgIpc) is 3.45. The quantitative estimate of drug-likeness (QED) is 0.341. The van der Waals surface area contributed by atoms with Crippen LogP contribution in [0.1, 0.15) is 12.8 Å². The minimum atomic E-state index is -2.66. The zero-order chi connectivity index (χ0) is 24.2. The molecule has 5 heterocycles. The molecule has 6 rings (SSSR count). The van der Waals surface area contributed by atoms with Crippen LogP contribution in [0.4, 0.5) is 18.9 Å². The number of alkyl halides is 2.